The fraction of sp³-hybridized carbons (Fsp3) is 0.304. The summed E-state index contributed by atoms with van der Waals surface area (Å²) in [4.78, 5) is 23.7. The number of aliphatic carboxylic acids is 1. The highest BCUT2D eigenvalue weighted by Crippen LogP contribution is 2.44. The molecule has 3 rings (SSSR count). The smallest absolute Gasteiger partial charge is 0.407 e. The zero-order chi connectivity index (χ0) is 20.8. The van der Waals surface area contributed by atoms with Crippen LogP contribution in [0.1, 0.15) is 30.4 Å². The first-order chi connectivity index (χ1) is 14.0. The topological polar surface area (TPSA) is 75.6 Å². The van der Waals surface area contributed by atoms with Gasteiger partial charge in [-0.15, -0.1) is 0 Å². The first kappa shape index (κ1) is 21.0. The Balaban J connectivity index is 1.60. The van der Waals surface area contributed by atoms with Crippen molar-refractivity contribution >= 4 is 23.8 Å². The normalized spacial score (nSPS) is 13.3. The van der Waals surface area contributed by atoms with Crippen LogP contribution in [0.3, 0.4) is 0 Å². The molecule has 0 heterocycles. The van der Waals surface area contributed by atoms with Gasteiger partial charge in [-0.1, -0.05) is 67.6 Å². The molecule has 0 saturated heterocycles. The van der Waals surface area contributed by atoms with Gasteiger partial charge in [0.05, 0.1) is 0 Å². The van der Waals surface area contributed by atoms with Crippen molar-refractivity contribution < 1.29 is 19.4 Å². The molecule has 0 spiro atoms. The highest BCUT2D eigenvalue weighted by Gasteiger charge is 2.29. The number of thioether (sulfide) groups is 1. The van der Waals surface area contributed by atoms with Crippen molar-refractivity contribution in [3.05, 3.63) is 71.8 Å². The summed E-state index contributed by atoms with van der Waals surface area (Å²) in [6.45, 7) is 6.07. The summed E-state index contributed by atoms with van der Waals surface area (Å²) < 4.78 is 5.43. The van der Waals surface area contributed by atoms with Gasteiger partial charge >= 0.3 is 12.1 Å². The van der Waals surface area contributed by atoms with E-state index in [1.165, 1.54) is 11.8 Å². The van der Waals surface area contributed by atoms with Crippen molar-refractivity contribution in [2.45, 2.75) is 25.3 Å². The van der Waals surface area contributed by atoms with Crippen molar-refractivity contribution in [2.75, 3.05) is 18.1 Å². The largest absolute Gasteiger partial charge is 0.480 e. The van der Waals surface area contributed by atoms with E-state index in [2.05, 4.69) is 24.0 Å². The van der Waals surface area contributed by atoms with E-state index in [4.69, 9.17) is 4.74 Å². The molecule has 0 fully saturated rings. The third-order valence-electron chi connectivity index (χ3n) is 5.02. The number of hydrogen-bond donors (Lipinski definition) is 2. The number of nitrogens with one attached hydrogen (secondary N) is 1. The van der Waals surface area contributed by atoms with Crippen molar-refractivity contribution in [3.8, 4) is 11.1 Å². The van der Waals surface area contributed by atoms with Crippen molar-refractivity contribution in [1.29, 1.82) is 0 Å². The molecule has 2 aromatic carbocycles. The summed E-state index contributed by atoms with van der Waals surface area (Å²) in [6.07, 6.45) is 0.138. The highest BCUT2D eigenvalue weighted by atomic mass is 32.2. The van der Waals surface area contributed by atoms with Gasteiger partial charge in [-0.3, -0.25) is 0 Å². The van der Waals surface area contributed by atoms with E-state index in [9.17, 15) is 14.7 Å². The number of alkyl carbamates (subject to hydrolysis) is 1. The lowest BCUT2D eigenvalue weighted by molar-refractivity contribution is -0.138. The fourth-order valence-corrected chi connectivity index (χ4v) is 4.45. The molecular formula is C23H25NO4S. The molecule has 1 aliphatic rings. The van der Waals surface area contributed by atoms with Crippen LogP contribution in [0.4, 0.5) is 4.79 Å². The molecule has 0 bridgehead atoms. The number of carboxylic acids is 1. The second-order valence-corrected chi connectivity index (χ2v) is 8.01. The van der Waals surface area contributed by atoms with Gasteiger partial charge in [0, 0.05) is 17.4 Å². The molecule has 29 heavy (non-hydrogen) atoms. The van der Waals surface area contributed by atoms with Crippen LogP contribution in [-0.4, -0.2) is 41.3 Å². The Morgan fingerprint density at radius 1 is 1.14 bits per heavy atom. The minimum atomic E-state index is -1.08. The monoisotopic (exact) mass is 411 g/mol. The quantitative estimate of drug-likeness (QED) is 0.586. The van der Waals surface area contributed by atoms with Gasteiger partial charge in [-0.25, -0.2) is 9.59 Å². The first-order valence-corrected chi connectivity index (χ1v) is 10.8. The Hall–Kier alpha value is -2.73. The lowest BCUT2D eigenvalue weighted by Gasteiger charge is -2.17. The predicted molar refractivity (Wildman–Crippen MR) is 116 cm³/mol. The number of benzene rings is 2. The third kappa shape index (κ3) is 5.01. The van der Waals surface area contributed by atoms with Crippen LogP contribution in [0.5, 0.6) is 0 Å². The molecule has 0 aliphatic heterocycles. The average molecular weight is 412 g/mol. The molecule has 2 N–H and O–H groups in total. The van der Waals surface area contributed by atoms with Crippen molar-refractivity contribution in [2.24, 2.45) is 0 Å². The number of carbonyl (C=O) groups excluding carboxylic acids is 1. The summed E-state index contributed by atoms with van der Waals surface area (Å²) in [5, 5.41) is 11.8. The van der Waals surface area contributed by atoms with E-state index in [1.807, 2.05) is 43.3 Å². The van der Waals surface area contributed by atoms with E-state index < -0.39 is 18.1 Å². The highest BCUT2D eigenvalue weighted by molar-refractivity contribution is 7.99. The molecule has 2 aromatic rings. The van der Waals surface area contributed by atoms with E-state index in [0.29, 0.717) is 5.75 Å². The molecule has 5 nitrogen and oxygen atoms in total. The molecule has 0 saturated carbocycles. The van der Waals surface area contributed by atoms with Crippen LogP contribution < -0.4 is 5.32 Å². The van der Waals surface area contributed by atoms with Gasteiger partial charge in [-0.2, -0.15) is 11.8 Å². The van der Waals surface area contributed by atoms with Crippen LogP contribution in [0.15, 0.2) is 60.7 Å². The fourth-order valence-electron chi connectivity index (χ4n) is 3.38. The molecule has 0 radical (unpaired) electrons. The predicted octanol–water partition coefficient (Wildman–Crippen LogP) is 4.68. The number of carbonyl (C=O) groups is 2. The molecule has 152 valence electrons. The number of amides is 1. The van der Waals surface area contributed by atoms with Crippen LogP contribution in [0.2, 0.25) is 0 Å². The Morgan fingerprint density at radius 2 is 1.72 bits per heavy atom. The minimum absolute atomic E-state index is 0.0568. The zero-order valence-corrected chi connectivity index (χ0v) is 17.2. The lowest BCUT2D eigenvalue weighted by atomic mass is 9.98. The van der Waals surface area contributed by atoms with Gasteiger partial charge in [0.25, 0.3) is 0 Å². The zero-order valence-electron chi connectivity index (χ0n) is 16.4. The number of hydrogen-bond acceptors (Lipinski definition) is 4. The van der Waals surface area contributed by atoms with Crippen LogP contribution >= 0.6 is 11.8 Å². The molecular weight excluding hydrogens is 386 g/mol. The molecule has 6 heteroatoms. The van der Waals surface area contributed by atoms with E-state index in [1.54, 1.807) is 0 Å². The maximum atomic E-state index is 12.3. The standard InChI is InChI=1S/C23H25NO4S/c1-3-15(2)13-29-14-21(22(25)26)24-23(27)28-12-20-18-10-6-4-8-16(18)17-9-5-7-11-19(17)20/h4-11,20-21H,2-3,12-14H2,1H3,(H,24,27)(H,25,26). The van der Waals surface area contributed by atoms with Crippen LogP contribution in [-0.2, 0) is 9.53 Å². The number of ether oxygens (including phenoxy) is 1. The third-order valence-corrected chi connectivity index (χ3v) is 6.21. The van der Waals surface area contributed by atoms with E-state index in [0.717, 1.165) is 34.2 Å². The summed E-state index contributed by atoms with van der Waals surface area (Å²) in [6, 6.07) is 15.1. The summed E-state index contributed by atoms with van der Waals surface area (Å²) >= 11 is 1.44. The molecule has 1 atom stereocenters. The van der Waals surface area contributed by atoms with Gasteiger partial charge in [0.2, 0.25) is 0 Å². The van der Waals surface area contributed by atoms with E-state index >= 15 is 0 Å². The summed E-state index contributed by atoms with van der Waals surface area (Å²) in [5.41, 5.74) is 5.57. The molecule has 1 unspecified atom stereocenters. The molecule has 0 aromatic heterocycles. The Kier molecular flexibility index (Phi) is 6.99. The van der Waals surface area contributed by atoms with Gasteiger partial charge in [-0.05, 0) is 28.7 Å². The van der Waals surface area contributed by atoms with E-state index in [-0.39, 0.29) is 18.3 Å². The summed E-state index contributed by atoms with van der Waals surface area (Å²) in [7, 11) is 0. The Bertz CT molecular complexity index is 866. The van der Waals surface area contributed by atoms with Crippen molar-refractivity contribution in [1.82, 2.24) is 5.32 Å². The number of rotatable bonds is 9. The second-order valence-electron chi connectivity index (χ2n) is 6.98. The maximum Gasteiger partial charge on any atom is 0.407 e. The van der Waals surface area contributed by atoms with Gasteiger partial charge in [0.15, 0.2) is 0 Å². The lowest BCUT2D eigenvalue weighted by Crippen LogP contribution is -2.43. The number of fused-ring (bicyclic) bond motifs is 3. The van der Waals surface area contributed by atoms with Gasteiger partial charge < -0.3 is 15.2 Å². The second kappa shape index (κ2) is 9.65. The molecule has 1 amide bonds. The van der Waals surface area contributed by atoms with Crippen molar-refractivity contribution in [3.63, 3.8) is 0 Å². The summed E-state index contributed by atoms with van der Waals surface area (Å²) in [5.74, 6) is -0.197. The van der Waals surface area contributed by atoms with Crippen LogP contribution in [0.25, 0.3) is 11.1 Å². The number of carboxylic acid groups (broad SMARTS) is 1. The van der Waals surface area contributed by atoms with Gasteiger partial charge in [0.1, 0.15) is 12.6 Å². The first-order valence-electron chi connectivity index (χ1n) is 9.60. The maximum absolute atomic E-state index is 12.3. The Morgan fingerprint density at radius 3 is 2.28 bits per heavy atom. The SMILES string of the molecule is C=C(CC)CSCC(NC(=O)OCC1c2ccccc2-c2ccccc21)C(=O)O. The average Bonchev–Trinajstić information content (AvgIpc) is 3.05. The molecule has 1 aliphatic carbocycles. The Labute approximate surface area is 175 Å². The minimum Gasteiger partial charge on any atom is -0.480 e. The van der Waals surface area contributed by atoms with Crippen LogP contribution in [0, 0.1) is 0 Å².